The van der Waals surface area contributed by atoms with Gasteiger partial charge in [0.05, 0.1) is 11.1 Å². The average Bonchev–Trinajstić information content (AvgIpc) is 3.02. The molecule has 0 atom stereocenters. The Morgan fingerprint density at radius 3 is 1.77 bits per heavy atom. The predicted molar refractivity (Wildman–Crippen MR) is 190 cm³/mol. The maximum Gasteiger partial charge on any atom is 0.296 e. The van der Waals surface area contributed by atoms with Gasteiger partial charge >= 0.3 is 0 Å². The van der Waals surface area contributed by atoms with Crippen LogP contribution in [-0.4, -0.2) is 63.0 Å². The highest BCUT2D eigenvalue weighted by Gasteiger charge is 2.29. The van der Waals surface area contributed by atoms with Crippen LogP contribution >= 0.6 is 0 Å². The Morgan fingerprint density at radius 1 is 0.750 bits per heavy atom. The minimum absolute atomic E-state index is 0.229. The molecule has 4 aromatic rings. The lowest BCUT2D eigenvalue weighted by Gasteiger charge is -2.14. The van der Waals surface area contributed by atoms with Crippen LogP contribution in [0, 0.1) is 12.7 Å². The monoisotopic (exact) mass is 864 g/mol. The number of nitrogen functional groups attached to an aromatic ring is 1. The first-order valence-corrected chi connectivity index (χ1v) is 20.0. The van der Waals surface area contributed by atoms with Gasteiger partial charge < -0.3 is 21.9 Å². The molecule has 4 rings (SSSR count). The van der Waals surface area contributed by atoms with E-state index in [-0.39, 0.29) is 11.3 Å². The summed E-state index contributed by atoms with van der Waals surface area (Å²) in [6, 6.07) is 4.50. The number of aromatic hydroxyl groups is 1. The molecule has 298 valence electrons. The van der Waals surface area contributed by atoms with E-state index >= 15 is 0 Å². The SMILES string of the molecule is C=C(F)/N=C(F)\C=C(/N)Nc1ccc(S(=O)(=O)O)c(/N=N/c2c(S(=O)(=O)O)cc3cc(S(=O)(=O)O)c(/N=N/c4cc(F)c(C)cc4S(=O)(=O)O)c(N)c3c2O)c1. The quantitative estimate of drug-likeness (QED) is 0.0290. The lowest BCUT2D eigenvalue weighted by Crippen LogP contribution is -2.10. The third-order valence-electron chi connectivity index (χ3n) is 6.93. The second kappa shape index (κ2) is 15.3. The molecule has 0 bridgehead atoms. The first kappa shape index (κ1) is 42.9. The number of azo groups is 2. The van der Waals surface area contributed by atoms with E-state index in [1.165, 1.54) is 0 Å². The number of rotatable bonds is 12. The van der Waals surface area contributed by atoms with Crippen molar-refractivity contribution >= 4 is 91.3 Å². The number of aliphatic imine (C=N–C) groups is 1. The van der Waals surface area contributed by atoms with Crippen molar-refractivity contribution in [2.45, 2.75) is 26.5 Å². The number of hydrogen-bond acceptors (Lipinski definition) is 17. The molecule has 0 aliphatic rings. The summed E-state index contributed by atoms with van der Waals surface area (Å²) in [4.78, 5) is -1.87. The molecule has 28 heteroatoms. The number of anilines is 2. The summed E-state index contributed by atoms with van der Waals surface area (Å²) < 4.78 is 178. The number of benzene rings is 4. The smallest absolute Gasteiger partial charge is 0.296 e. The van der Waals surface area contributed by atoms with Crippen molar-refractivity contribution in [1.82, 2.24) is 0 Å². The maximum atomic E-state index is 14.4. The van der Waals surface area contributed by atoms with Crippen molar-refractivity contribution in [2.24, 2.45) is 31.2 Å². The molecule has 0 unspecified atom stereocenters. The number of nitrogens with zero attached hydrogens (tertiary/aromatic N) is 5. The lowest BCUT2D eigenvalue weighted by atomic mass is 10.1. The number of nitrogens with two attached hydrogens (primary N) is 2. The van der Waals surface area contributed by atoms with Crippen LogP contribution in [0.5, 0.6) is 5.75 Å². The second-order valence-corrected chi connectivity index (χ2v) is 16.5. The van der Waals surface area contributed by atoms with Crippen molar-refractivity contribution in [3.8, 4) is 5.75 Å². The van der Waals surface area contributed by atoms with Gasteiger partial charge in [-0.05, 0) is 60.9 Å². The summed E-state index contributed by atoms with van der Waals surface area (Å²) in [7, 11) is -21.2. The Kier molecular flexibility index (Phi) is 11.7. The van der Waals surface area contributed by atoms with Gasteiger partial charge in [0.15, 0.2) is 5.75 Å². The topological polar surface area (TPSA) is 364 Å². The van der Waals surface area contributed by atoms with Crippen molar-refractivity contribution < 1.29 is 70.2 Å². The van der Waals surface area contributed by atoms with E-state index in [0.29, 0.717) is 36.4 Å². The summed E-state index contributed by atoms with van der Waals surface area (Å²) in [5.74, 6) is -5.86. The van der Waals surface area contributed by atoms with Crippen LogP contribution in [0.25, 0.3) is 10.8 Å². The van der Waals surface area contributed by atoms with E-state index in [0.717, 1.165) is 19.1 Å². The highest BCUT2D eigenvalue weighted by atomic mass is 32.2. The molecule has 0 aliphatic heterocycles. The zero-order valence-electron chi connectivity index (χ0n) is 27.5. The Morgan fingerprint density at radius 2 is 1.25 bits per heavy atom. The van der Waals surface area contributed by atoms with Gasteiger partial charge in [-0.25, -0.2) is 4.39 Å². The van der Waals surface area contributed by atoms with Gasteiger partial charge in [0.25, 0.3) is 40.5 Å². The van der Waals surface area contributed by atoms with E-state index in [1.54, 1.807) is 0 Å². The Bertz CT molecular complexity index is 2940. The Labute approximate surface area is 313 Å². The molecule has 56 heavy (non-hydrogen) atoms. The summed E-state index contributed by atoms with van der Waals surface area (Å²) >= 11 is 0. The van der Waals surface area contributed by atoms with Gasteiger partial charge in [-0.3, -0.25) is 18.2 Å². The number of hydrogen-bond donors (Lipinski definition) is 8. The summed E-state index contributed by atoms with van der Waals surface area (Å²) in [5, 5.41) is 26.2. The standard InChI is InChI=1S/C28H23F3N8O13S4/c1-11-5-19(54(44,45)46)17(9-15(11)30)37-38-26-20(55(47,48)49)6-13-7-21(56(50,51)52)27(28(40)24(13)25(26)33)39-36-16-8-14(3-4-18(16)53(41,42)43)35-23(32)10-22(31)34-12(2)29/h3-10,35,40H,2,32-33H2,1H3,(H,41,42,43)(H,44,45,46)(H,47,48,49)(H,50,51,52)/b23-10+,34-22+,38-37+,39-36+. The number of phenols is 1. The van der Waals surface area contributed by atoms with E-state index in [9.17, 15) is 70.2 Å². The molecule has 10 N–H and O–H groups in total. The van der Waals surface area contributed by atoms with E-state index < -0.39 is 129 Å². The fourth-order valence-corrected chi connectivity index (χ4v) is 7.23. The molecular weight excluding hydrogens is 842 g/mol. The third-order valence-corrected chi connectivity index (χ3v) is 10.4. The van der Waals surface area contributed by atoms with Crippen LogP contribution < -0.4 is 16.8 Å². The van der Waals surface area contributed by atoms with Crippen molar-refractivity contribution in [3.05, 3.63) is 78.3 Å². The first-order valence-electron chi connectivity index (χ1n) is 14.2. The predicted octanol–water partition coefficient (Wildman–Crippen LogP) is 5.41. The summed E-state index contributed by atoms with van der Waals surface area (Å²) in [6.07, 6.45) is 0.479. The molecule has 0 aromatic heterocycles. The van der Waals surface area contributed by atoms with Gasteiger partial charge in [0.1, 0.15) is 54.0 Å². The summed E-state index contributed by atoms with van der Waals surface area (Å²) in [6.45, 7) is 3.86. The number of halogens is 3. The molecule has 0 saturated heterocycles. The van der Waals surface area contributed by atoms with Crippen LogP contribution in [0.2, 0.25) is 0 Å². The Balaban J connectivity index is 2.02. The third kappa shape index (κ3) is 9.67. The molecule has 0 spiro atoms. The van der Waals surface area contributed by atoms with Crippen LogP contribution in [0.15, 0.2) is 112 Å². The number of fused-ring (bicyclic) bond motifs is 1. The largest absolute Gasteiger partial charge is 0.505 e. The highest BCUT2D eigenvalue weighted by molar-refractivity contribution is 7.86. The molecule has 4 aromatic carbocycles. The van der Waals surface area contributed by atoms with Gasteiger partial charge in [0, 0.05) is 17.8 Å². The van der Waals surface area contributed by atoms with Gasteiger partial charge in [-0.15, -0.1) is 20.5 Å². The van der Waals surface area contributed by atoms with Gasteiger partial charge in [0.2, 0.25) is 11.9 Å². The number of phenolic OH excluding ortho intramolecular Hbond substituents is 1. The second-order valence-electron chi connectivity index (χ2n) is 10.9. The van der Waals surface area contributed by atoms with E-state index in [2.05, 4.69) is 37.3 Å². The molecule has 0 heterocycles. The molecule has 21 nitrogen and oxygen atoms in total. The zero-order chi connectivity index (χ0) is 42.3. The summed E-state index contributed by atoms with van der Waals surface area (Å²) in [5.41, 5.74) is 6.14. The average molecular weight is 865 g/mol. The minimum atomic E-state index is -5.49. The molecular formula is C28H23F3N8O13S4. The van der Waals surface area contributed by atoms with Crippen molar-refractivity contribution in [1.29, 1.82) is 0 Å². The normalized spacial score (nSPS) is 13.6. The van der Waals surface area contributed by atoms with Gasteiger partial charge in [-0.1, -0.05) is 0 Å². The minimum Gasteiger partial charge on any atom is -0.505 e. The van der Waals surface area contributed by atoms with Crippen molar-refractivity contribution in [3.63, 3.8) is 0 Å². The van der Waals surface area contributed by atoms with Crippen molar-refractivity contribution in [2.75, 3.05) is 11.1 Å². The number of aryl methyl sites for hydroxylation is 1. The fourth-order valence-electron chi connectivity index (χ4n) is 4.61. The van der Waals surface area contributed by atoms with E-state index in [1.807, 2.05) is 0 Å². The van der Waals surface area contributed by atoms with E-state index in [4.69, 9.17) is 11.5 Å². The molecule has 0 saturated carbocycles. The first-order chi connectivity index (χ1) is 25.6. The van der Waals surface area contributed by atoms with Crippen LogP contribution in [-0.2, 0) is 40.5 Å². The number of allylic oxidation sites excluding steroid dienone is 1. The van der Waals surface area contributed by atoms with Gasteiger partial charge in [-0.2, -0.15) is 47.4 Å². The zero-order valence-corrected chi connectivity index (χ0v) is 30.8. The van der Waals surface area contributed by atoms with Crippen LogP contribution in [0.1, 0.15) is 5.56 Å². The highest BCUT2D eigenvalue weighted by Crippen LogP contribution is 2.48. The molecule has 0 radical (unpaired) electrons. The molecule has 0 amide bonds. The van der Waals surface area contributed by atoms with Crippen LogP contribution in [0.4, 0.5) is 47.3 Å². The lowest BCUT2D eigenvalue weighted by molar-refractivity contribution is 0.472. The number of nitrogens with one attached hydrogen (secondary N) is 1. The maximum absolute atomic E-state index is 14.4. The molecule has 0 fully saturated rings. The fraction of sp³-hybridized carbons (Fsp3) is 0.0357. The van der Waals surface area contributed by atoms with Crippen LogP contribution in [0.3, 0.4) is 0 Å². The molecule has 0 aliphatic carbocycles. The Hall–Kier alpha value is -5.88.